The van der Waals surface area contributed by atoms with Crippen molar-refractivity contribution < 1.29 is 14.3 Å². The standard InChI is InChI=1S/C28H29N5O3/c1-32(2)15-6-9-26(34)31-20-17-21(18-20)33-16-14-25-27(33)28(30-19-29-25)36-24-12-10-23(11-13-24)35-22-7-4-3-5-8-22/h3-14,16,19-21H,15,17-18H2,1-2H3,(H,31,34). The normalized spacial score (nSPS) is 17.3. The average molecular weight is 484 g/mol. The molecule has 1 aliphatic rings. The molecule has 2 heterocycles. The van der Waals surface area contributed by atoms with Gasteiger partial charge in [-0.1, -0.05) is 24.3 Å². The minimum Gasteiger partial charge on any atom is -0.457 e. The maximum Gasteiger partial charge on any atom is 0.247 e. The summed E-state index contributed by atoms with van der Waals surface area (Å²) in [5, 5.41) is 3.08. The first-order valence-electron chi connectivity index (χ1n) is 12.0. The van der Waals surface area contributed by atoms with Crippen LogP contribution in [0.4, 0.5) is 0 Å². The van der Waals surface area contributed by atoms with Gasteiger partial charge in [-0.25, -0.2) is 4.98 Å². The summed E-state index contributed by atoms with van der Waals surface area (Å²) >= 11 is 0. The highest BCUT2D eigenvalue weighted by molar-refractivity contribution is 5.87. The van der Waals surface area contributed by atoms with Crippen LogP contribution in [-0.2, 0) is 4.79 Å². The molecular weight excluding hydrogens is 454 g/mol. The van der Waals surface area contributed by atoms with Gasteiger partial charge in [0.1, 0.15) is 29.1 Å². The van der Waals surface area contributed by atoms with Crippen molar-refractivity contribution in [2.75, 3.05) is 20.6 Å². The van der Waals surface area contributed by atoms with Crippen LogP contribution in [0.3, 0.4) is 0 Å². The molecule has 1 N–H and O–H groups in total. The third kappa shape index (κ3) is 5.55. The van der Waals surface area contributed by atoms with Gasteiger partial charge in [0.05, 0.1) is 5.52 Å². The molecule has 0 aliphatic heterocycles. The predicted octanol–water partition coefficient (Wildman–Crippen LogP) is 4.95. The van der Waals surface area contributed by atoms with Crippen LogP contribution in [-0.4, -0.2) is 52.0 Å². The number of likely N-dealkylation sites (N-methyl/N-ethyl adjacent to an activating group) is 1. The zero-order chi connectivity index (χ0) is 24.9. The quantitative estimate of drug-likeness (QED) is 0.339. The molecule has 0 unspecified atom stereocenters. The van der Waals surface area contributed by atoms with Gasteiger partial charge in [0.25, 0.3) is 0 Å². The number of rotatable bonds is 9. The Kier molecular flexibility index (Phi) is 6.95. The summed E-state index contributed by atoms with van der Waals surface area (Å²) in [5.74, 6) is 2.61. The van der Waals surface area contributed by atoms with E-state index in [9.17, 15) is 4.79 Å². The lowest BCUT2D eigenvalue weighted by molar-refractivity contribution is -0.117. The predicted molar refractivity (Wildman–Crippen MR) is 138 cm³/mol. The summed E-state index contributed by atoms with van der Waals surface area (Å²) in [6, 6.07) is 19.5. The number of carbonyl (C=O) groups excluding carboxylic acids is 1. The molecule has 1 aliphatic carbocycles. The number of benzene rings is 2. The third-order valence-corrected chi connectivity index (χ3v) is 6.08. The van der Waals surface area contributed by atoms with Crippen molar-refractivity contribution in [2.24, 2.45) is 0 Å². The summed E-state index contributed by atoms with van der Waals surface area (Å²) in [5.41, 5.74) is 1.67. The van der Waals surface area contributed by atoms with Crippen LogP contribution in [0.15, 0.2) is 85.3 Å². The van der Waals surface area contributed by atoms with E-state index in [4.69, 9.17) is 9.47 Å². The number of carbonyl (C=O) groups is 1. The number of hydrogen-bond acceptors (Lipinski definition) is 6. The van der Waals surface area contributed by atoms with E-state index >= 15 is 0 Å². The molecule has 4 aromatic rings. The molecule has 184 valence electrons. The molecule has 2 aromatic heterocycles. The van der Waals surface area contributed by atoms with Crippen molar-refractivity contribution in [1.82, 2.24) is 24.8 Å². The Morgan fingerprint density at radius 3 is 2.42 bits per heavy atom. The first-order chi connectivity index (χ1) is 17.5. The van der Waals surface area contributed by atoms with E-state index < -0.39 is 0 Å². The van der Waals surface area contributed by atoms with Gasteiger partial charge in [-0.15, -0.1) is 0 Å². The molecule has 1 amide bonds. The van der Waals surface area contributed by atoms with E-state index in [-0.39, 0.29) is 18.0 Å². The van der Waals surface area contributed by atoms with E-state index in [1.807, 2.05) is 91.9 Å². The second-order valence-corrected chi connectivity index (χ2v) is 9.12. The molecule has 0 atom stereocenters. The van der Waals surface area contributed by atoms with Gasteiger partial charge < -0.3 is 24.3 Å². The summed E-state index contributed by atoms with van der Waals surface area (Å²) in [6.07, 6.45) is 8.69. The number of nitrogens with zero attached hydrogens (tertiary/aromatic N) is 4. The lowest BCUT2D eigenvalue weighted by atomic mass is 9.86. The number of para-hydroxylation sites is 1. The maximum absolute atomic E-state index is 12.1. The molecule has 8 nitrogen and oxygen atoms in total. The van der Waals surface area contributed by atoms with Gasteiger partial charge >= 0.3 is 0 Å². The second kappa shape index (κ2) is 10.6. The number of fused-ring (bicyclic) bond motifs is 1. The number of ether oxygens (including phenoxy) is 2. The highest BCUT2D eigenvalue weighted by Gasteiger charge is 2.32. The number of aromatic nitrogens is 3. The molecule has 8 heteroatoms. The number of nitrogens with one attached hydrogen (secondary N) is 1. The number of hydrogen-bond donors (Lipinski definition) is 1. The maximum atomic E-state index is 12.1. The van der Waals surface area contributed by atoms with Crippen LogP contribution in [0, 0.1) is 0 Å². The molecule has 5 rings (SSSR count). The van der Waals surface area contributed by atoms with Crippen molar-refractivity contribution in [2.45, 2.75) is 24.9 Å². The largest absolute Gasteiger partial charge is 0.457 e. The Morgan fingerprint density at radius 1 is 1.00 bits per heavy atom. The van der Waals surface area contributed by atoms with Crippen LogP contribution in [0.5, 0.6) is 23.1 Å². The SMILES string of the molecule is CN(C)CC=CC(=O)NC1CC(n2ccc3ncnc(Oc4ccc(Oc5ccccc5)cc4)c32)C1. The van der Waals surface area contributed by atoms with Gasteiger partial charge in [0.15, 0.2) is 0 Å². The zero-order valence-corrected chi connectivity index (χ0v) is 20.4. The fraction of sp³-hybridized carbons (Fsp3) is 0.250. The van der Waals surface area contributed by atoms with Crippen molar-refractivity contribution in [3.05, 3.63) is 85.3 Å². The fourth-order valence-electron chi connectivity index (χ4n) is 4.21. The minimum atomic E-state index is -0.0512. The van der Waals surface area contributed by atoms with E-state index in [0.717, 1.165) is 41.9 Å². The van der Waals surface area contributed by atoms with Gasteiger partial charge in [0.2, 0.25) is 11.8 Å². The zero-order valence-electron chi connectivity index (χ0n) is 20.4. The summed E-state index contributed by atoms with van der Waals surface area (Å²) in [7, 11) is 3.94. The average Bonchev–Trinajstić information content (AvgIpc) is 3.27. The Labute approximate surface area is 210 Å². The molecular formula is C28H29N5O3. The second-order valence-electron chi connectivity index (χ2n) is 9.12. The molecule has 1 saturated carbocycles. The smallest absolute Gasteiger partial charge is 0.247 e. The monoisotopic (exact) mass is 483 g/mol. The molecule has 0 spiro atoms. The molecule has 0 bridgehead atoms. The lowest BCUT2D eigenvalue weighted by Crippen LogP contribution is -2.44. The summed E-state index contributed by atoms with van der Waals surface area (Å²) in [4.78, 5) is 23.0. The fourth-order valence-corrected chi connectivity index (χ4v) is 4.21. The summed E-state index contributed by atoms with van der Waals surface area (Å²) < 4.78 is 14.2. The highest BCUT2D eigenvalue weighted by atomic mass is 16.5. The topological polar surface area (TPSA) is 81.5 Å². The van der Waals surface area contributed by atoms with Gasteiger partial charge in [-0.3, -0.25) is 4.79 Å². The van der Waals surface area contributed by atoms with Crippen LogP contribution in [0.25, 0.3) is 11.0 Å². The highest BCUT2D eigenvalue weighted by Crippen LogP contribution is 2.38. The molecule has 2 aromatic carbocycles. The molecule has 36 heavy (non-hydrogen) atoms. The Hall–Kier alpha value is -4.17. The first-order valence-corrected chi connectivity index (χ1v) is 12.0. The third-order valence-electron chi connectivity index (χ3n) is 6.08. The van der Waals surface area contributed by atoms with E-state index in [1.54, 1.807) is 6.08 Å². The number of amides is 1. The Bertz CT molecular complexity index is 1340. The molecule has 1 fully saturated rings. The molecule has 0 saturated heterocycles. The van der Waals surface area contributed by atoms with E-state index in [2.05, 4.69) is 19.9 Å². The van der Waals surface area contributed by atoms with E-state index in [1.165, 1.54) is 6.33 Å². The van der Waals surface area contributed by atoms with Crippen molar-refractivity contribution >= 4 is 16.9 Å². The summed E-state index contributed by atoms with van der Waals surface area (Å²) in [6.45, 7) is 0.738. The minimum absolute atomic E-state index is 0.0512. The van der Waals surface area contributed by atoms with Crippen LogP contribution in [0.1, 0.15) is 18.9 Å². The lowest BCUT2D eigenvalue weighted by Gasteiger charge is -2.37. The Balaban J connectivity index is 1.24. The van der Waals surface area contributed by atoms with Gasteiger partial charge in [-0.05, 0) is 69.4 Å². The van der Waals surface area contributed by atoms with Crippen molar-refractivity contribution in [3.8, 4) is 23.1 Å². The van der Waals surface area contributed by atoms with Gasteiger partial charge in [0, 0.05) is 30.9 Å². The Morgan fingerprint density at radius 2 is 1.69 bits per heavy atom. The van der Waals surface area contributed by atoms with Crippen molar-refractivity contribution in [1.29, 1.82) is 0 Å². The van der Waals surface area contributed by atoms with Crippen LogP contribution in [0.2, 0.25) is 0 Å². The van der Waals surface area contributed by atoms with Crippen molar-refractivity contribution in [3.63, 3.8) is 0 Å². The first kappa shape index (κ1) is 23.6. The van der Waals surface area contributed by atoms with Gasteiger partial charge in [-0.2, -0.15) is 4.98 Å². The van der Waals surface area contributed by atoms with E-state index in [0.29, 0.717) is 11.6 Å². The van der Waals surface area contributed by atoms with Crippen LogP contribution >= 0.6 is 0 Å². The van der Waals surface area contributed by atoms with Crippen LogP contribution < -0.4 is 14.8 Å². The molecule has 0 radical (unpaired) electrons.